The van der Waals surface area contributed by atoms with Crippen molar-refractivity contribution in [3.8, 4) is 0 Å². The molecule has 0 aromatic heterocycles. The number of unbranched alkanes of at least 4 members (excludes halogenated alkanes) is 33. The molecule has 0 aromatic carbocycles. The molecule has 0 aliphatic heterocycles. The van der Waals surface area contributed by atoms with Crippen molar-refractivity contribution < 1.29 is 4.48 Å². The Morgan fingerprint density at radius 1 is 0.222 bits per heavy atom. The van der Waals surface area contributed by atoms with Crippen LogP contribution in [-0.2, 0) is 0 Å². The van der Waals surface area contributed by atoms with Crippen molar-refractivity contribution in [3.63, 3.8) is 0 Å². The second-order valence-corrected chi connectivity index (χ2v) is 15.5. The number of quaternary nitrogens is 1. The number of rotatable bonds is 39. The fraction of sp³-hybridized carbons (Fsp3) is 1.00. The molecular weight excluding hydrogens is 544 g/mol. The maximum Gasteiger partial charge on any atom is 0.0784 e. The van der Waals surface area contributed by atoms with Crippen LogP contribution in [0.25, 0.3) is 0 Å². The summed E-state index contributed by atoms with van der Waals surface area (Å²) in [5.74, 6) is 0. The van der Waals surface area contributed by atoms with Gasteiger partial charge >= 0.3 is 0 Å². The smallest absolute Gasteiger partial charge is 0.0784 e. The molecule has 0 fully saturated rings. The quantitative estimate of drug-likeness (QED) is 0.0528. The van der Waals surface area contributed by atoms with E-state index in [0.29, 0.717) is 0 Å². The van der Waals surface area contributed by atoms with Gasteiger partial charge in [0.1, 0.15) is 0 Å². The molecule has 0 unspecified atom stereocenters. The van der Waals surface area contributed by atoms with Crippen LogP contribution in [0.2, 0.25) is 0 Å². The first-order chi connectivity index (χ1) is 21.7. The molecular formula is C43H93N2+. The lowest BCUT2D eigenvalue weighted by molar-refractivity contribution is -0.910. The average molecular weight is 638 g/mol. The zero-order valence-corrected chi connectivity index (χ0v) is 32.7. The van der Waals surface area contributed by atoms with Crippen LogP contribution in [-0.4, -0.2) is 31.2 Å². The van der Waals surface area contributed by atoms with Crippen LogP contribution in [0.4, 0.5) is 0 Å². The Morgan fingerprint density at radius 3 is 0.511 bits per heavy atom. The molecule has 0 amide bonds. The van der Waals surface area contributed by atoms with E-state index in [1.807, 2.05) is 0 Å². The standard InChI is InChI=1S/C43H90N.H3N/c1-5-8-11-14-17-20-23-26-29-32-35-38-41-44(4,42-39-36-33-30-27-24-21-18-15-12-9-6-2)43-40-37-34-31-28-25-22-19-16-13-10-7-3;/h5-43H2,1-4H3;1H3/q+1;. The van der Waals surface area contributed by atoms with Crippen LogP contribution >= 0.6 is 0 Å². The Hall–Kier alpha value is -0.0800. The van der Waals surface area contributed by atoms with Crippen molar-refractivity contribution in [2.45, 2.75) is 252 Å². The molecule has 0 rings (SSSR count). The van der Waals surface area contributed by atoms with E-state index in [0.717, 1.165) is 0 Å². The molecule has 3 N–H and O–H groups in total. The van der Waals surface area contributed by atoms with Gasteiger partial charge in [-0.05, 0) is 38.5 Å². The maximum atomic E-state index is 2.62. The number of hydrogen-bond acceptors (Lipinski definition) is 1. The highest BCUT2D eigenvalue weighted by atomic mass is 15.3. The van der Waals surface area contributed by atoms with Gasteiger partial charge < -0.3 is 10.6 Å². The van der Waals surface area contributed by atoms with Gasteiger partial charge in [0.15, 0.2) is 0 Å². The largest absolute Gasteiger partial charge is 0.344 e. The van der Waals surface area contributed by atoms with Gasteiger partial charge in [0.25, 0.3) is 0 Å². The highest BCUT2D eigenvalue weighted by Crippen LogP contribution is 2.18. The molecule has 0 bridgehead atoms. The first-order valence-corrected chi connectivity index (χ1v) is 21.5. The zero-order chi connectivity index (χ0) is 32.1. The van der Waals surface area contributed by atoms with Crippen LogP contribution in [0.5, 0.6) is 0 Å². The van der Waals surface area contributed by atoms with Crippen molar-refractivity contribution in [2.24, 2.45) is 0 Å². The molecule has 0 aromatic rings. The predicted molar refractivity (Wildman–Crippen MR) is 209 cm³/mol. The normalized spacial score (nSPS) is 11.7. The zero-order valence-electron chi connectivity index (χ0n) is 32.7. The van der Waals surface area contributed by atoms with Crippen molar-refractivity contribution in [1.82, 2.24) is 6.15 Å². The van der Waals surface area contributed by atoms with Crippen LogP contribution < -0.4 is 6.15 Å². The average Bonchev–Trinajstić information content (AvgIpc) is 3.02. The van der Waals surface area contributed by atoms with Crippen molar-refractivity contribution in [3.05, 3.63) is 0 Å². The lowest BCUT2D eigenvalue weighted by Gasteiger charge is -2.35. The molecule has 45 heavy (non-hydrogen) atoms. The van der Waals surface area contributed by atoms with E-state index in [-0.39, 0.29) is 6.15 Å². The van der Waals surface area contributed by atoms with E-state index >= 15 is 0 Å². The lowest BCUT2D eigenvalue weighted by Crippen LogP contribution is -2.46. The van der Waals surface area contributed by atoms with E-state index in [4.69, 9.17) is 0 Å². The minimum Gasteiger partial charge on any atom is -0.344 e. The Balaban J connectivity index is 0. The maximum absolute atomic E-state index is 2.62. The molecule has 0 saturated heterocycles. The molecule has 2 nitrogen and oxygen atoms in total. The third kappa shape index (κ3) is 38.2. The summed E-state index contributed by atoms with van der Waals surface area (Å²) in [6, 6.07) is 0. The third-order valence-electron chi connectivity index (χ3n) is 10.7. The van der Waals surface area contributed by atoms with Gasteiger partial charge in [-0.3, -0.25) is 0 Å². The lowest BCUT2D eigenvalue weighted by atomic mass is 10.0. The second kappa shape index (κ2) is 40.1. The SMILES string of the molecule is CCCCCCCCCCCCCC[N+](C)(CCCCCCCCCCCCCC)CCCCCCCCCCCCCC.N. The summed E-state index contributed by atoms with van der Waals surface area (Å²) >= 11 is 0. The summed E-state index contributed by atoms with van der Waals surface area (Å²) in [5.41, 5.74) is 0. The van der Waals surface area contributed by atoms with Gasteiger partial charge in [-0.15, -0.1) is 0 Å². The van der Waals surface area contributed by atoms with Crippen LogP contribution in [0.3, 0.4) is 0 Å². The monoisotopic (exact) mass is 638 g/mol. The molecule has 0 radical (unpaired) electrons. The number of hydrogen-bond donors (Lipinski definition) is 1. The highest BCUT2D eigenvalue weighted by Gasteiger charge is 2.20. The van der Waals surface area contributed by atoms with Crippen LogP contribution in [0.1, 0.15) is 252 Å². The minimum atomic E-state index is 0. The highest BCUT2D eigenvalue weighted by molar-refractivity contribution is 4.54. The molecule has 274 valence electrons. The van der Waals surface area contributed by atoms with Gasteiger partial charge in [-0.2, -0.15) is 0 Å². The molecule has 0 spiro atoms. The Bertz CT molecular complexity index is 435. The van der Waals surface area contributed by atoms with Gasteiger partial charge in [0.05, 0.1) is 26.7 Å². The topological polar surface area (TPSA) is 35.0 Å². The minimum absolute atomic E-state index is 0. The fourth-order valence-corrected chi connectivity index (χ4v) is 7.34. The summed E-state index contributed by atoms with van der Waals surface area (Å²) in [6.45, 7) is 11.3. The summed E-state index contributed by atoms with van der Waals surface area (Å²) < 4.78 is 1.37. The van der Waals surface area contributed by atoms with Crippen molar-refractivity contribution in [1.29, 1.82) is 0 Å². The predicted octanol–water partition coefficient (Wildman–Crippen LogP) is 15.7. The third-order valence-corrected chi connectivity index (χ3v) is 10.7. The molecule has 0 aliphatic carbocycles. The van der Waals surface area contributed by atoms with Gasteiger partial charge in [0.2, 0.25) is 0 Å². The molecule has 0 heterocycles. The van der Waals surface area contributed by atoms with E-state index in [1.54, 1.807) is 0 Å². The Kier molecular flexibility index (Phi) is 41.9. The number of nitrogens with zero attached hydrogens (tertiary/aromatic N) is 1. The van der Waals surface area contributed by atoms with Gasteiger partial charge in [0, 0.05) is 0 Å². The summed E-state index contributed by atoms with van der Waals surface area (Å²) in [5, 5.41) is 0. The van der Waals surface area contributed by atoms with E-state index in [2.05, 4.69) is 27.8 Å². The molecule has 2 heteroatoms. The first kappa shape index (κ1) is 47.0. The Morgan fingerprint density at radius 2 is 0.356 bits per heavy atom. The first-order valence-electron chi connectivity index (χ1n) is 21.5. The molecule has 0 saturated carbocycles. The summed E-state index contributed by atoms with van der Waals surface area (Å²) in [7, 11) is 2.62. The summed E-state index contributed by atoms with van der Waals surface area (Å²) in [6.07, 6.45) is 52.7. The van der Waals surface area contributed by atoms with E-state index in [1.165, 1.54) is 255 Å². The van der Waals surface area contributed by atoms with Crippen LogP contribution in [0, 0.1) is 0 Å². The summed E-state index contributed by atoms with van der Waals surface area (Å²) in [4.78, 5) is 0. The van der Waals surface area contributed by atoms with E-state index in [9.17, 15) is 0 Å². The second-order valence-electron chi connectivity index (χ2n) is 15.5. The molecule has 0 atom stereocenters. The molecule has 0 aliphatic rings. The van der Waals surface area contributed by atoms with Gasteiger partial charge in [-0.1, -0.05) is 213 Å². The van der Waals surface area contributed by atoms with Crippen LogP contribution in [0.15, 0.2) is 0 Å². The van der Waals surface area contributed by atoms with E-state index < -0.39 is 0 Å². The van der Waals surface area contributed by atoms with Crippen molar-refractivity contribution >= 4 is 0 Å². The Labute approximate surface area is 288 Å². The van der Waals surface area contributed by atoms with Crippen molar-refractivity contribution in [2.75, 3.05) is 26.7 Å². The van der Waals surface area contributed by atoms with Gasteiger partial charge in [-0.25, -0.2) is 0 Å². The fourth-order valence-electron chi connectivity index (χ4n) is 7.34.